The van der Waals surface area contributed by atoms with Crippen LogP contribution in [-0.2, 0) is 24.0 Å². The topological polar surface area (TPSA) is 208 Å². The minimum Gasteiger partial charge on any atom is -0.481 e. The van der Waals surface area contributed by atoms with Gasteiger partial charge in [-0.1, -0.05) is 13.8 Å². The van der Waals surface area contributed by atoms with Gasteiger partial charge in [0.05, 0.1) is 18.6 Å². The Balaban J connectivity index is 5.45. The zero-order chi connectivity index (χ0) is 22.9. The summed E-state index contributed by atoms with van der Waals surface area (Å²) in [6.07, 6.45) is -2.10. The highest BCUT2D eigenvalue weighted by atomic mass is 16.4. The molecule has 29 heavy (non-hydrogen) atoms. The van der Waals surface area contributed by atoms with Crippen molar-refractivity contribution in [2.75, 3.05) is 0 Å². The molecule has 166 valence electrons. The number of rotatable bonds is 12. The number of aliphatic carboxylic acids is 2. The number of amides is 3. The second-order valence-electron chi connectivity index (χ2n) is 7.20. The summed E-state index contributed by atoms with van der Waals surface area (Å²) in [4.78, 5) is 59.0. The van der Waals surface area contributed by atoms with E-state index in [0.717, 1.165) is 6.92 Å². The third-order valence-corrected chi connectivity index (χ3v) is 3.81. The highest BCUT2D eigenvalue weighted by molar-refractivity contribution is 5.95. The van der Waals surface area contributed by atoms with Crippen LogP contribution in [0.2, 0.25) is 0 Å². The van der Waals surface area contributed by atoms with E-state index in [1.807, 2.05) is 5.32 Å². The number of carboxylic acids is 2. The summed E-state index contributed by atoms with van der Waals surface area (Å²) < 4.78 is 0. The fourth-order valence-electron chi connectivity index (χ4n) is 2.30. The van der Waals surface area contributed by atoms with Gasteiger partial charge in [0.1, 0.15) is 12.1 Å². The summed E-state index contributed by atoms with van der Waals surface area (Å²) in [5.41, 5.74) is 5.48. The fraction of sp³-hybridized carbons (Fsp3) is 0.706. The highest BCUT2D eigenvalue weighted by Gasteiger charge is 2.32. The van der Waals surface area contributed by atoms with E-state index in [4.69, 9.17) is 15.9 Å². The van der Waals surface area contributed by atoms with E-state index >= 15 is 0 Å². The molecule has 0 fully saturated rings. The first-order valence-corrected chi connectivity index (χ1v) is 9.05. The van der Waals surface area contributed by atoms with Crippen LogP contribution < -0.4 is 21.7 Å². The van der Waals surface area contributed by atoms with E-state index in [0.29, 0.717) is 0 Å². The van der Waals surface area contributed by atoms with Crippen LogP contribution in [0.5, 0.6) is 0 Å². The standard InChI is InChI=1S/C17H30N4O8/c1-7(2)5-10(19-14(25)8(3)18)15(26)20-11(6-12(23)24)16(27)21-13(9(4)22)17(28)29/h7-11,13,22H,5-6,18H2,1-4H3,(H,19,25)(H,20,26)(H,21,27)(H,23,24)(H,28,29). The zero-order valence-corrected chi connectivity index (χ0v) is 16.8. The number of nitrogens with one attached hydrogen (secondary N) is 3. The molecule has 0 aromatic heterocycles. The smallest absolute Gasteiger partial charge is 0.328 e. The molecule has 0 saturated carbocycles. The van der Waals surface area contributed by atoms with Gasteiger partial charge in [-0.05, 0) is 26.2 Å². The maximum atomic E-state index is 12.6. The molecule has 0 aliphatic carbocycles. The van der Waals surface area contributed by atoms with E-state index in [-0.39, 0.29) is 12.3 Å². The van der Waals surface area contributed by atoms with Gasteiger partial charge < -0.3 is 37.0 Å². The molecule has 8 N–H and O–H groups in total. The number of nitrogens with two attached hydrogens (primary N) is 1. The van der Waals surface area contributed by atoms with Crippen molar-refractivity contribution >= 4 is 29.7 Å². The molecule has 0 bridgehead atoms. The Labute approximate surface area is 168 Å². The summed E-state index contributed by atoms with van der Waals surface area (Å²) >= 11 is 0. The van der Waals surface area contributed by atoms with E-state index < -0.39 is 66.4 Å². The Morgan fingerprint density at radius 2 is 1.31 bits per heavy atom. The molecule has 0 heterocycles. The van der Waals surface area contributed by atoms with Crippen molar-refractivity contribution < 1.29 is 39.3 Å². The molecule has 0 aromatic rings. The normalized spacial score (nSPS) is 16.1. The van der Waals surface area contributed by atoms with E-state index in [1.165, 1.54) is 6.92 Å². The van der Waals surface area contributed by atoms with Gasteiger partial charge in [-0.2, -0.15) is 0 Å². The van der Waals surface area contributed by atoms with Crippen LogP contribution in [0.1, 0.15) is 40.5 Å². The van der Waals surface area contributed by atoms with E-state index in [1.54, 1.807) is 13.8 Å². The summed E-state index contributed by atoms with van der Waals surface area (Å²) in [5, 5.41) is 34.2. The second-order valence-corrected chi connectivity index (χ2v) is 7.20. The number of hydrogen-bond donors (Lipinski definition) is 7. The lowest BCUT2D eigenvalue weighted by molar-refractivity contribution is -0.146. The minimum absolute atomic E-state index is 0.0301. The Kier molecular flexibility index (Phi) is 10.8. The van der Waals surface area contributed by atoms with Crippen LogP contribution in [0, 0.1) is 5.92 Å². The molecular weight excluding hydrogens is 388 g/mol. The van der Waals surface area contributed by atoms with Crippen molar-refractivity contribution in [1.82, 2.24) is 16.0 Å². The van der Waals surface area contributed by atoms with Crippen molar-refractivity contribution in [2.45, 2.75) is 70.8 Å². The average molecular weight is 418 g/mol. The van der Waals surface area contributed by atoms with Crippen molar-refractivity contribution in [3.8, 4) is 0 Å². The second kappa shape index (κ2) is 12.0. The molecule has 0 aromatic carbocycles. The van der Waals surface area contributed by atoms with Gasteiger partial charge in [-0.15, -0.1) is 0 Å². The van der Waals surface area contributed by atoms with Gasteiger partial charge in [0.25, 0.3) is 0 Å². The molecule has 0 saturated heterocycles. The average Bonchev–Trinajstić information content (AvgIpc) is 2.56. The lowest BCUT2D eigenvalue weighted by Crippen LogP contribution is -2.58. The van der Waals surface area contributed by atoms with Crippen molar-refractivity contribution in [2.24, 2.45) is 11.7 Å². The number of hydrogen-bond acceptors (Lipinski definition) is 7. The summed E-state index contributed by atoms with van der Waals surface area (Å²) in [6, 6.07) is -5.29. The SMILES string of the molecule is CC(C)CC(NC(=O)C(C)N)C(=O)NC(CC(=O)O)C(=O)NC(C(=O)O)C(C)O. The van der Waals surface area contributed by atoms with E-state index in [9.17, 15) is 29.1 Å². The lowest BCUT2D eigenvalue weighted by Gasteiger charge is -2.25. The van der Waals surface area contributed by atoms with Gasteiger partial charge in [0, 0.05) is 0 Å². The number of aliphatic hydroxyl groups excluding tert-OH is 1. The quantitative estimate of drug-likeness (QED) is 0.183. The fourth-order valence-corrected chi connectivity index (χ4v) is 2.30. The summed E-state index contributed by atoms with van der Waals surface area (Å²) in [7, 11) is 0. The van der Waals surface area contributed by atoms with Gasteiger partial charge in [-0.3, -0.25) is 19.2 Å². The van der Waals surface area contributed by atoms with Crippen LogP contribution in [0.25, 0.3) is 0 Å². The number of carbonyl (C=O) groups is 5. The van der Waals surface area contributed by atoms with Crippen LogP contribution in [-0.4, -0.2) is 75.3 Å². The van der Waals surface area contributed by atoms with Gasteiger partial charge >= 0.3 is 11.9 Å². The Morgan fingerprint density at radius 1 is 0.828 bits per heavy atom. The van der Waals surface area contributed by atoms with E-state index in [2.05, 4.69) is 10.6 Å². The number of carbonyl (C=O) groups excluding carboxylic acids is 3. The minimum atomic E-state index is -1.69. The Bertz CT molecular complexity index is 621. The molecule has 3 amide bonds. The maximum Gasteiger partial charge on any atom is 0.328 e. The molecule has 0 aliphatic heterocycles. The zero-order valence-electron chi connectivity index (χ0n) is 16.8. The molecule has 0 spiro atoms. The molecule has 5 unspecified atom stereocenters. The highest BCUT2D eigenvalue weighted by Crippen LogP contribution is 2.07. The molecule has 12 nitrogen and oxygen atoms in total. The van der Waals surface area contributed by atoms with Crippen LogP contribution in [0.4, 0.5) is 0 Å². The number of aliphatic hydroxyl groups is 1. The third kappa shape index (κ3) is 9.85. The largest absolute Gasteiger partial charge is 0.481 e. The van der Waals surface area contributed by atoms with Gasteiger partial charge in [0.15, 0.2) is 6.04 Å². The Morgan fingerprint density at radius 3 is 1.69 bits per heavy atom. The Hall–Kier alpha value is -2.73. The van der Waals surface area contributed by atoms with Gasteiger partial charge in [-0.25, -0.2) is 4.79 Å². The molecule has 0 aliphatic rings. The summed E-state index contributed by atoms with van der Waals surface area (Å²) in [5.74, 6) is -5.51. The summed E-state index contributed by atoms with van der Waals surface area (Å²) in [6.45, 7) is 6.13. The third-order valence-electron chi connectivity index (χ3n) is 3.81. The molecule has 0 radical (unpaired) electrons. The van der Waals surface area contributed by atoms with Crippen molar-refractivity contribution in [3.63, 3.8) is 0 Å². The molecular formula is C17H30N4O8. The van der Waals surface area contributed by atoms with Crippen LogP contribution in [0.15, 0.2) is 0 Å². The lowest BCUT2D eigenvalue weighted by atomic mass is 10.0. The van der Waals surface area contributed by atoms with Crippen molar-refractivity contribution in [3.05, 3.63) is 0 Å². The molecule has 12 heteroatoms. The predicted octanol–water partition coefficient (Wildman–Crippen LogP) is -2.23. The van der Waals surface area contributed by atoms with Crippen LogP contribution in [0.3, 0.4) is 0 Å². The molecule has 0 rings (SSSR count). The van der Waals surface area contributed by atoms with Gasteiger partial charge in [0.2, 0.25) is 17.7 Å². The number of carboxylic acid groups (broad SMARTS) is 2. The first kappa shape index (κ1) is 26.3. The van der Waals surface area contributed by atoms with Crippen molar-refractivity contribution in [1.29, 1.82) is 0 Å². The predicted molar refractivity (Wildman–Crippen MR) is 100 cm³/mol. The first-order valence-electron chi connectivity index (χ1n) is 9.05. The van der Waals surface area contributed by atoms with Crippen LogP contribution >= 0.6 is 0 Å². The first-order chi connectivity index (χ1) is 13.3. The molecule has 5 atom stereocenters. The monoisotopic (exact) mass is 418 g/mol. The maximum absolute atomic E-state index is 12.6.